The Morgan fingerprint density at radius 3 is 2.09 bits per heavy atom. The number of hydrogen-bond donors (Lipinski definition) is 1. The Balaban J connectivity index is 1.46. The highest BCUT2D eigenvalue weighted by molar-refractivity contribution is 5.97. The van der Waals surface area contributed by atoms with Crippen molar-refractivity contribution >= 4 is 22.0 Å². The van der Waals surface area contributed by atoms with Crippen molar-refractivity contribution in [2.45, 2.75) is 32.1 Å². The predicted molar refractivity (Wildman–Crippen MR) is 175 cm³/mol. The Labute approximate surface area is 259 Å². The number of oxazole rings is 1. The van der Waals surface area contributed by atoms with E-state index in [1.807, 2.05) is 36.4 Å². The number of fused-ring (bicyclic) bond motifs is 2. The average molecular weight is 597 g/mol. The van der Waals surface area contributed by atoms with Gasteiger partial charge < -0.3 is 9.52 Å². The SMILES string of the molecule is CC(C)(C)c1cc(-c2cc(C(F)(F)c3ccccc3)cc3cccnc23)cc(-c2cccc3oc(-c4ccccc4O)nc23)c1. The second-order valence-electron chi connectivity index (χ2n) is 12.3. The third-order valence-electron chi connectivity index (χ3n) is 8.18. The lowest BCUT2D eigenvalue weighted by atomic mass is 9.82. The first-order valence-electron chi connectivity index (χ1n) is 14.8. The van der Waals surface area contributed by atoms with Crippen molar-refractivity contribution in [3.8, 4) is 39.5 Å². The summed E-state index contributed by atoms with van der Waals surface area (Å²) in [6.07, 6.45) is 1.69. The van der Waals surface area contributed by atoms with Crippen molar-refractivity contribution in [1.82, 2.24) is 9.97 Å². The lowest BCUT2D eigenvalue weighted by molar-refractivity contribution is 0.0430. The molecule has 0 aliphatic heterocycles. The second-order valence-corrected chi connectivity index (χ2v) is 12.3. The van der Waals surface area contributed by atoms with Crippen molar-refractivity contribution < 1.29 is 18.3 Å². The fourth-order valence-electron chi connectivity index (χ4n) is 5.73. The normalized spacial score (nSPS) is 12.2. The molecule has 0 unspecified atom stereocenters. The number of nitrogens with zero attached hydrogens (tertiary/aromatic N) is 2. The fraction of sp³-hybridized carbons (Fsp3) is 0.128. The van der Waals surface area contributed by atoms with Crippen LogP contribution in [0.3, 0.4) is 0 Å². The minimum absolute atomic E-state index is 0.0683. The number of phenols is 1. The maximum atomic E-state index is 16.0. The molecule has 0 saturated carbocycles. The van der Waals surface area contributed by atoms with E-state index < -0.39 is 5.92 Å². The zero-order valence-electron chi connectivity index (χ0n) is 25.1. The first-order chi connectivity index (χ1) is 21.6. The smallest absolute Gasteiger partial charge is 0.298 e. The van der Waals surface area contributed by atoms with Gasteiger partial charge in [-0.2, -0.15) is 8.78 Å². The molecule has 0 atom stereocenters. The Hall–Kier alpha value is -5.36. The molecule has 0 amide bonds. The van der Waals surface area contributed by atoms with Crippen LogP contribution in [0.15, 0.2) is 126 Å². The van der Waals surface area contributed by atoms with Gasteiger partial charge in [0.15, 0.2) is 5.58 Å². The molecule has 0 bridgehead atoms. The van der Waals surface area contributed by atoms with Crippen LogP contribution in [0.4, 0.5) is 8.78 Å². The van der Waals surface area contributed by atoms with E-state index in [2.05, 4.69) is 37.9 Å². The fourth-order valence-corrected chi connectivity index (χ4v) is 5.73. The molecule has 1 N–H and O–H groups in total. The summed E-state index contributed by atoms with van der Waals surface area (Å²) in [6, 6.07) is 33.4. The molecule has 0 aliphatic rings. The van der Waals surface area contributed by atoms with Gasteiger partial charge in [-0.25, -0.2) is 4.98 Å². The van der Waals surface area contributed by atoms with Crippen LogP contribution in [0, 0.1) is 0 Å². The van der Waals surface area contributed by atoms with E-state index in [4.69, 9.17) is 9.40 Å². The summed E-state index contributed by atoms with van der Waals surface area (Å²) in [5.74, 6) is -2.82. The zero-order valence-corrected chi connectivity index (χ0v) is 25.1. The quantitative estimate of drug-likeness (QED) is 0.215. The molecule has 7 aromatic rings. The van der Waals surface area contributed by atoms with E-state index >= 15 is 8.78 Å². The summed E-state index contributed by atoms with van der Waals surface area (Å²) >= 11 is 0. The summed E-state index contributed by atoms with van der Waals surface area (Å²) in [7, 11) is 0. The Kier molecular flexibility index (Phi) is 6.73. The van der Waals surface area contributed by atoms with Gasteiger partial charge in [-0.3, -0.25) is 4.98 Å². The summed E-state index contributed by atoms with van der Waals surface area (Å²) in [5, 5.41) is 11.1. The number of aromatic nitrogens is 2. The third-order valence-corrected chi connectivity index (χ3v) is 8.18. The standard InChI is InChI=1S/C39H30F2N2O2/c1-38(2,3)28-21-25(30-15-9-17-34-36(30)43-37(45-34)31-14-7-8-16-33(31)44)19-26(22-28)32-23-29(20-24-11-10-18-42-35(24)32)39(40,41)27-12-5-4-6-13-27/h4-23,44H,1-3H3. The molecule has 222 valence electrons. The molecule has 45 heavy (non-hydrogen) atoms. The van der Waals surface area contributed by atoms with Gasteiger partial charge in [0, 0.05) is 33.8 Å². The number of rotatable bonds is 5. The maximum Gasteiger partial charge on any atom is 0.298 e. The van der Waals surface area contributed by atoms with Gasteiger partial charge in [-0.05, 0) is 64.6 Å². The van der Waals surface area contributed by atoms with Crippen LogP contribution in [0.25, 0.3) is 55.7 Å². The number of aromatic hydroxyl groups is 1. The predicted octanol–water partition coefficient (Wildman–Crippen LogP) is 10.5. The van der Waals surface area contributed by atoms with Gasteiger partial charge in [0.2, 0.25) is 5.89 Å². The van der Waals surface area contributed by atoms with Gasteiger partial charge in [0.1, 0.15) is 11.3 Å². The number of benzene rings is 5. The van der Waals surface area contributed by atoms with Crippen LogP contribution >= 0.6 is 0 Å². The van der Waals surface area contributed by atoms with Crippen LogP contribution in [-0.4, -0.2) is 15.1 Å². The molecule has 5 aromatic carbocycles. The van der Waals surface area contributed by atoms with E-state index in [-0.39, 0.29) is 22.3 Å². The number of para-hydroxylation sites is 2. The molecule has 0 spiro atoms. The molecule has 0 saturated heterocycles. The lowest BCUT2D eigenvalue weighted by Gasteiger charge is -2.23. The number of halogens is 2. The van der Waals surface area contributed by atoms with Gasteiger partial charge in [0.05, 0.1) is 11.1 Å². The molecule has 0 radical (unpaired) electrons. The topological polar surface area (TPSA) is 59.2 Å². The van der Waals surface area contributed by atoms with Crippen LogP contribution in [0.5, 0.6) is 5.75 Å². The average Bonchev–Trinajstić information content (AvgIpc) is 3.48. The van der Waals surface area contributed by atoms with Crippen molar-refractivity contribution in [1.29, 1.82) is 0 Å². The van der Waals surface area contributed by atoms with Gasteiger partial charge in [-0.15, -0.1) is 0 Å². The highest BCUT2D eigenvalue weighted by atomic mass is 19.3. The number of phenolic OH excluding ortho intramolecular Hbond substituents is 1. The van der Waals surface area contributed by atoms with Crippen LogP contribution < -0.4 is 0 Å². The van der Waals surface area contributed by atoms with E-state index in [1.54, 1.807) is 54.7 Å². The van der Waals surface area contributed by atoms with Crippen molar-refractivity contribution in [2.24, 2.45) is 0 Å². The highest BCUT2D eigenvalue weighted by Crippen LogP contribution is 2.43. The molecule has 6 heteroatoms. The van der Waals surface area contributed by atoms with Crippen molar-refractivity contribution in [3.63, 3.8) is 0 Å². The molecular formula is C39H30F2N2O2. The molecule has 2 aromatic heterocycles. The van der Waals surface area contributed by atoms with E-state index in [1.165, 1.54) is 18.2 Å². The molecular weight excluding hydrogens is 566 g/mol. The minimum atomic E-state index is -3.21. The second kappa shape index (κ2) is 10.7. The van der Waals surface area contributed by atoms with Gasteiger partial charge in [-0.1, -0.05) is 93.6 Å². The first kappa shape index (κ1) is 28.4. The summed E-state index contributed by atoms with van der Waals surface area (Å²) in [4.78, 5) is 9.45. The summed E-state index contributed by atoms with van der Waals surface area (Å²) in [5.41, 5.74) is 6.04. The molecule has 0 aliphatic carbocycles. The Morgan fingerprint density at radius 1 is 0.622 bits per heavy atom. The molecule has 2 heterocycles. The number of alkyl halides is 2. The third kappa shape index (κ3) is 5.12. The zero-order chi connectivity index (χ0) is 31.3. The largest absolute Gasteiger partial charge is 0.507 e. The summed E-state index contributed by atoms with van der Waals surface area (Å²) < 4.78 is 38.1. The molecule has 7 rings (SSSR count). The minimum Gasteiger partial charge on any atom is -0.507 e. The Bertz CT molecular complexity index is 2200. The maximum absolute atomic E-state index is 16.0. The Morgan fingerprint density at radius 2 is 1.33 bits per heavy atom. The number of hydrogen-bond acceptors (Lipinski definition) is 4. The van der Waals surface area contributed by atoms with E-state index in [0.717, 1.165) is 22.3 Å². The van der Waals surface area contributed by atoms with Crippen molar-refractivity contribution in [3.05, 3.63) is 138 Å². The molecule has 4 nitrogen and oxygen atoms in total. The lowest BCUT2D eigenvalue weighted by Crippen LogP contribution is -2.15. The van der Waals surface area contributed by atoms with Gasteiger partial charge >= 0.3 is 0 Å². The van der Waals surface area contributed by atoms with Crippen LogP contribution in [0.2, 0.25) is 0 Å². The van der Waals surface area contributed by atoms with E-state index in [9.17, 15) is 5.11 Å². The van der Waals surface area contributed by atoms with Gasteiger partial charge in [0.25, 0.3) is 5.92 Å². The number of pyridine rings is 1. The van der Waals surface area contributed by atoms with Crippen LogP contribution in [0.1, 0.15) is 37.5 Å². The van der Waals surface area contributed by atoms with Crippen molar-refractivity contribution in [2.75, 3.05) is 0 Å². The van der Waals surface area contributed by atoms with Crippen LogP contribution in [-0.2, 0) is 11.3 Å². The monoisotopic (exact) mass is 596 g/mol. The van der Waals surface area contributed by atoms with E-state index in [0.29, 0.717) is 39.0 Å². The molecule has 0 fully saturated rings. The first-order valence-corrected chi connectivity index (χ1v) is 14.8. The highest BCUT2D eigenvalue weighted by Gasteiger charge is 2.35. The summed E-state index contributed by atoms with van der Waals surface area (Å²) in [6.45, 7) is 6.37.